The standard InChI is InChI=1S/C16H23NO.2C14H21NO.C14H20O.C13H19NO.2C11H14O.C10H14N2O/c1-12(2)14-4-6-16(7-5-14)17-10-8-15(9-11-17)13(3)18;1-11(2)12-3-5-13(6-4-12)15-9-7-14(16)8-10-15;1-11(2)12-5-7-13(8-6-12)15-9-3-4-14(16)10-15;1-4-5-9-14(15)13-8-6-7-12(10-13)11(2)3;1-4-9-14-13(15)12-7-5-11(6-8-12)10(2)3;1-8(2)10-4-6-11(7-5-10)9(3)12;1-8(2)10-5-4-6-11(7-10)9(3)12;1-7(2)8-4-3-5-9(6-8)10(13)12-11/h4-7,12,15H,8-11H2,1-3H3;3-6,11,14,16H,7-10H2,1-2H3;5-8,11,14,16H,3-4,9-10H2,1-2H3;6-8,10-11H,4-5,9H2,1-3H3;5-8,10H,4,9H2,1-3H3,(H,14,15);2*4-8H,1-3H3;3-7H,11H2,1-2H3,(H,12,13). The van der Waals surface area contributed by atoms with Crippen molar-refractivity contribution in [2.24, 2.45) is 11.8 Å². The van der Waals surface area contributed by atoms with E-state index in [-0.39, 0.29) is 47.3 Å². The fraction of sp³-hybridized carbons (Fsp3) is 0.476. The summed E-state index contributed by atoms with van der Waals surface area (Å²) in [6, 6.07) is 65.3. The molecule has 0 saturated carbocycles. The van der Waals surface area contributed by atoms with E-state index < -0.39 is 0 Å². The number of carbonyl (C=O) groups excluding carboxylic acids is 6. The first-order chi connectivity index (χ1) is 55.6. The second-order valence-electron chi connectivity index (χ2n) is 33.8. The first-order valence-electron chi connectivity index (χ1n) is 43.3. The number of benzene rings is 8. The van der Waals surface area contributed by atoms with Gasteiger partial charge in [-0.2, -0.15) is 0 Å². The van der Waals surface area contributed by atoms with Crippen LogP contribution in [0, 0.1) is 5.92 Å². The molecule has 11 rings (SSSR count). The zero-order valence-corrected chi connectivity index (χ0v) is 75.1. The average Bonchev–Trinajstić information content (AvgIpc) is 0.867. The van der Waals surface area contributed by atoms with Gasteiger partial charge in [0, 0.05) is 103 Å². The number of aliphatic hydroxyl groups excluding tert-OH is 2. The van der Waals surface area contributed by atoms with Crippen LogP contribution in [0.2, 0.25) is 0 Å². The van der Waals surface area contributed by atoms with Gasteiger partial charge in [0.05, 0.1) is 12.2 Å². The van der Waals surface area contributed by atoms with Crippen molar-refractivity contribution in [3.63, 3.8) is 0 Å². The lowest BCUT2D eigenvalue weighted by atomic mass is 9.93. The maximum absolute atomic E-state index is 11.8. The Hall–Kier alpha value is -9.34. The summed E-state index contributed by atoms with van der Waals surface area (Å²) in [5.74, 6) is 10.2. The number of hydrazine groups is 1. The van der Waals surface area contributed by atoms with Gasteiger partial charge in [-0.1, -0.05) is 252 Å². The second-order valence-corrected chi connectivity index (χ2v) is 33.8. The molecular weight excluding hydrogens is 1450 g/mol. The second kappa shape index (κ2) is 53.2. The molecule has 6 N–H and O–H groups in total. The van der Waals surface area contributed by atoms with E-state index in [2.05, 4.69) is 228 Å². The number of ketones is 4. The molecule has 3 aliphatic heterocycles. The first kappa shape index (κ1) is 100. The third-order valence-corrected chi connectivity index (χ3v) is 21.6. The van der Waals surface area contributed by atoms with Crippen molar-refractivity contribution in [2.75, 3.05) is 60.5 Å². The molecule has 14 heteroatoms. The number of rotatable bonds is 22. The number of anilines is 3. The van der Waals surface area contributed by atoms with Gasteiger partial charge in [-0.05, 0) is 237 Å². The molecule has 0 bridgehead atoms. The summed E-state index contributed by atoms with van der Waals surface area (Å²) in [6.07, 6.45) is 9.30. The van der Waals surface area contributed by atoms with Gasteiger partial charge in [-0.15, -0.1) is 0 Å². The number of piperidine rings is 3. The average molecular weight is 1600 g/mol. The van der Waals surface area contributed by atoms with Gasteiger partial charge in [-0.25, -0.2) is 5.84 Å². The van der Waals surface area contributed by atoms with Crippen LogP contribution in [-0.2, 0) is 4.79 Å². The van der Waals surface area contributed by atoms with Crippen LogP contribution in [0.1, 0.15) is 353 Å². The lowest BCUT2D eigenvalue weighted by Crippen LogP contribution is -2.38. The minimum absolute atomic E-state index is 0.0205. The van der Waals surface area contributed by atoms with Crippen molar-refractivity contribution in [3.8, 4) is 0 Å². The predicted octanol–water partition coefficient (Wildman–Crippen LogP) is 23.7. The zero-order valence-electron chi connectivity index (χ0n) is 75.1. The number of hydrogen-bond donors (Lipinski definition) is 5. The highest BCUT2D eigenvalue weighted by Crippen LogP contribution is 2.29. The molecule has 0 aromatic heterocycles. The molecule has 3 aliphatic rings. The number of β-amino-alcohol motifs (C(OH)–C–C–N with tert-alkyl or cyclic N) is 1. The molecule has 0 spiro atoms. The molecule has 3 heterocycles. The van der Waals surface area contributed by atoms with E-state index in [1.54, 1.807) is 26.8 Å². The molecular formula is C103H146N6O8. The molecule has 14 nitrogen and oxygen atoms in total. The number of hydrogen-bond acceptors (Lipinski definition) is 12. The first-order valence-corrected chi connectivity index (χ1v) is 43.3. The zero-order chi connectivity index (χ0) is 86.8. The predicted molar refractivity (Wildman–Crippen MR) is 493 cm³/mol. The van der Waals surface area contributed by atoms with Crippen LogP contribution in [0.25, 0.3) is 0 Å². The Kier molecular flexibility index (Phi) is 45.4. The fourth-order valence-electron chi connectivity index (χ4n) is 13.3. The maximum Gasteiger partial charge on any atom is 0.265 e. The van der Waals surface area contributed by atoms with E-state index in [9.17, 15) is 39.0 Å². The summed E-state index contributed by atoms with van der Waals surface area (Å²) >= 11 is 0. The van der Waals surface area contributed by atoms with Crippen molar-refractivity contribution in [2.45, 2.75) is 269 Å². The molecule has 2 amide bonds. The number of carbonyl (C=O) groups is 6. The van der Waals surface area contributed by atoms with Gasteiger partial charge in [0.25, 0.3) is 11.8 Å². The number of nitrogens with two attached hydrogens (primary N) is 1. The van der Waals surface area contributed by atoms with Crippen molar-refractivity contribution < 1.29 is 39.0 Å². The number of nitrogens with one attached hydrogen (secondary N) is 2. The van der Waals surface area contributed by atoms with Crippen LogP contribution in [0.3, 0.4) is 0 Å². The summed E-state index contributed by atoms with van der Waals surface area (Å²) in [7, 11) is 0. The quantitative estimate of drug-likeness (QED) is 0.0186. The number of amides is 2. The van der Waals surface area contributed by atoms with Gasteiger partial charge in [0.2, 0.25) is 0 Å². The van der Waals surface area contributed by atoms with Crippen molar-refractivity contribution >= 4 is 52.0 Å². The van der Waals surface area contributed by atoms with Crippen LogP contribution in [-0.4, -0.2) is 103 Å². The number of nitrogens with zero attached hydrogens (tertiary/aromatic N) is 3. The normalized spacial score (nSPS) is 14.0. The Morgan fingerprint density at radius 3 is 1.06 bits per heavy atom. The molecule has 1 atom stereocenters. The SMILES string of the molecule is CC(=O)C1CCN(c2ccc(C(C)C)cc2)CC1.CC(=O)c1ccc(C(C)C)cc1.CC(=O)c1cccc(C(C)C)c1.CC(C)c1ccc(N2CCC(O)CC2)cc1.CC(C)c1ccc(N2CCCC(O)C2)cc1.CC(C)c1cccc(C(=O)NN)c1.CCCCC(=O)c1cccc(C(C)C)c1.CCCNC(=O)c1ccc(C(C)C)cc1. The highest BCUT2D eigenvalue weighted by molar-refractivity contribution is 5.97. The Balaban J connectivity index is 0.000000282. The van der Waals surface area contributed by atoms with Crippen molar-refractivity contribution in [1.82, 2.24) is 10.7 Å². The fourth-order valence-corrected chi connectivity index (χ4v) is 13.3. The third kappa shape index (κ3) is 36.6. The minimum atomic E-state index is -0.248. The highest BCUT2D eigenvalue weighted by atomic mass is 16.3. The molecule has 0 radical (unpaired) electrons. The molecule has 3 saturated heterocycles. The van der Waals surface area contributed by atoms with E-state index in [1.165, 1.54) is 56.0 Å². The van der Waals surface area contributed by atoms with Gasteiger partial charge < -0.3 is 30.2 Å². The Labute approximate surface area is 705 Å². The minimum Gasteiger partial charge on any atom is -0.393 e. The Morgan fingerprint density at radius 2 is 0.709 bits per heavy atom. The molecule has 3 fully saturated rings. The maximum atomic E-state index is 11.8. The van der Waals surface area contributed by atoms with E-state index in [0.29, 0.717) is 65.1 Å². The lowest BCUT2D eigenvalue weighted by Gasteiger charge is -2.32. The van der Waals surface area contributed by atoms with Gasteiger partial charge in [-0.3, -0.25) is 34.2 Å². The topological polar surface area (TPSA) is 203 Å². The van der Waals surface area contributed by atoms with Crippen LogP contribution in [0.4, 0.5) is 17.1 Å². The van der Waals surface area contributed by atoms with Crippen LogP contribution < -0.4 is 31.3 Å². The number of aliphatic hydroxyl groups is 2. The van der Waals surface area contributed by atoms with Crippen LogP contribution >= 0.6 is 0 Å². The smallest absolute Gasteiger partial charge is 0.265 e. The van der Waals surface area contributed by atoms with Crippen molar-refractivity contribution in [3.05, 3.63) is 266 Å². The van der Waals surface area contributed by atoms with Gasteiger partial charge in [0.15, 0.2) is 17.3 Å². The summed E-state index contributed by atoms with van der Waals surface area (Å²) in [5, 5.41) is 22.0. The van der Waals surface area contributed by atoms with Gasteiger partial charge >= 0.3 is 0 Å². The van der Waals surface area contributed by atoms with E-state index in [0.717, 1.165) is 131 Å². The lowest BCUT2D eigenvalue weighted by molar-refractivity contribution is -0.121. The van der Waals surface area contributed by atoms with E-state index in [4.69, 9.17) is 5.84 Å². The highest BCUT2D eigenvalue weighted by Gasteiger charge is 2.24. The molecule has 8 aromatic rings. The van der Waals surface area contributed by atoms with E-state index in [1.807, 2.05) is 110 Å². The third-order valence-electron chi connectivity index (χ3n) is 21.6. The summed E-state index contributed by atoms with van der Waals surface area (Å²) in [6.45, 7) is 50.2. The van der Waals surface area contributed by atoms with Crippen LogP contribution in [0.5, 0.6) is 0 Å². The number of nitrogen functional groups attached to an aromatic ring is 1. The molecule has 1 unspecified atom stereocenters. The Bertz CT molecular complexity index is 4180. The molecule has 0 aliphatic carbocycles. The summed E-state index contributed by atoms with van der Waals surface area (Å²) < 4.78 is 0. The summed E-state index contributed by atoms with van der Waals surface area (Å²) in [5.41, 5.74) is 20.1. The molecule has 636 valence electrons. The van der Waals surface area contributed by atoms with E-state index >= 15 is 0 Å². The Morgan fingerprint density at radius 1 is 0.368 bits per heavy atom. The number of Topliss-reactive ketones (excluding diaryl/α,β-unsaturated/α-hetero) is 4. The summed E-state index contributed by atoms with van der Waals surface area (Å²) in [4.78, 5) is 74.8. The molecule has 117 heavy (non-hydrogen) atoms. The van der Waals surface area contributed by atoms with Gasteiger partial charge in [0.1, 0.15) is 5.78 Å². The number of unbranched alkanes of at least 4 members (excludes halogenated alkanes) is 1. The van der Waals surface area contributed by atoms with Crippen LogP contribution in [0.15, 0.2) is 194 Å². The monoisotopic (exact) mass is 1600 g/mol. The molecule has 8 aromatic carbocycles. The van der Waals surface area contributed by atoms with Crippen molar-refractivity contribution in [1.29, 1.82) is 0 Å². The largest absolute Gasteiger partial charge is 0.393 e.